The number of nitrogens with one attached hydrogen (secondary N) is 1. The monoisotopic (exact) mass is 585 g/mol. The molecule has 2 atom stereocenters. The van der Waals surface area contributed by atoms with Crippen LogP contribution in [0.15, 0.2) is 42.5 Å². The Labute approximate surface area is 236 Å². The summed E-state index contributed by atoms with van der Waals surface area (Å²) >= 11 is 12.3. The predicted octanol–water partition coefficient (Wildman–Crippen LogP) is 5.27. The van der Waals surface area contributed by atoms with E-state index in [1.165, 1.54) is 16.3 Å². The molecule has 0 radical (unpaired) electrons. The molecule has 0 bridgehead atoms. The first kappa shape index (κ1) is 31.7. The number of sulfonamides is 1. The number of hydrogen-bond donors (Lipinski definition) is 1. The average molecular weight is 587 g/mol. The third-order valence-corrected chi connectivity index (χ3v) is 8.15. The largest absolute Gasteiger partial charge is 0.495 e. The van der Waals surface area contributed by atoms with E-state index in [-0.39, 0.29) is 43.8 Å². The van der Waals surface area contributed by atoms with Crippen LogP contribution in [0.2, 0.25) is 10.0 Å². The van der Waals surface area contributed by atoms with Gasteiger partial charge in [0.15, 0.2) is 0 Å². The maximum Gasteiger partial charge on any atom is 0.243 e. The standard InChI is InChI=1S/C27H37Cl2N3O5S/c1-6-19(3)30-27(34)23(7-2)31(18-20-14-15-21(28)22(29)17-20)26(33)13-10-16-32(38(5,35)36)24-11-8-9-12-25(24)37-4/h8-9,11-12,14-15,17,19,23H,6-7,10,13,16,18H2,1-5H3,(H,30,34)/t19-,23+/m0/s1. The first-order valence-corrected chi connectivity index (χ1v) is 15.2. The number of hydrogen-bond acceptors (Lipinski definition) is 5. The van der Waals surface area contributed by atoms with Crippen molar-refractivity contribution in [2.24, 2.45) is 0 Å². The second-order valence-corrected chi connectivity index (χ2v) is 11.8. The molecular formula is C27H37Cl2N3O5S. The normalized spacial score (nSPS) is 12.9. The molecule has 8 nitrogen and oxygen atoms in total. The van der Waals surface area contributed by atoms with Crippen LogP contribution in [0.4, 0.5) is 5.69 Å². The number of ether oxygens (including phenoxy) is 1. The molecular weight excluding hydrogens is 549 g/mol. The lowest BCUT2D eigenvalue weighted by Crippen LogP contribution is -2.50. The van der Waals surface area contributed by atoms with E-state index in [2.05, 4.69) is 5.32 Å². The topological polar surface area (TPSA) is 96.0 Å². The Hall–Kier alpha value is -2.49. The number of para-hydroxylation sites is 2. The number of methoxy groups -OCH3 is 1. The lowest BCUT2D eigenvalue weighted by Gasteiger charge is -2.32. The summed E-state index contributed by atoms with van der Waals surface area (Å²) in [5, 5.41) is 3.72. The fourth-order valence-corrected chi connectivity index (χ4v) is 5.30. The highest BCUT2D eigenvalue weighted by Crippen LogP contribution is 2.30. The third kappa shape index (κ3) is 8.78. The zero-order valence-electron chi connectivity index (χ0n) is 22.5. The fourth-order valence-electron chi connectivity index (χ4n) is 4.01. The highest BCUT2D eigenvalue weighted by atomic mass is 35.5. The molecule has 0 unspecified atom stereocenters. The van der Waals surface area contributed by atoms with Gasteiger partial charge in [0, 0.05) is 25.6 Å². The van der Waals surface area contributed by atoms with Crippen molar-refractivity contribution in [2.75, 3.05) is 24.2 Å². The molecule has 0 spiro atoms. The van der Waals surface area contributed by atoms with Gasteiger partial charge in [-0.05, 0) is 56.0 Å². The smallest absolute Gasteiger partial charge is 0.243 e. The maximum atomic E-state index is 13.5. The molecule has 2 aromatic carbocycles. The SMILES string of the molecule is CC[C@H](C(=O)N[C@@H](C)CC)N(Cc1ccc(Cl)c(Cl)c1)C(=O)CCCN(c1ccccc1OC)S(C)(=O)=O. The van der Waals surface area contributed by atoms with Crippen molar-refractivity contribution in [3.05, 3.63) is 58.1 Å². The van der Waals surface area contributed by atoms with E-state index in [9.17, 15) is 18.0 Å². The zero-order valence-corrected chi connectivity index (χ0v) is 24.9. The van der Waals surface area contributed by atoms with Gasteiger partial charge < -0.3 is 15.0 Å². The molecule has 0 aliphatic rings. The van der Waals surface area contributed by atoms with Gasteiger partial charge in [-0.15, -0.1) is 0 Å². The minimum Gasteiger partial charge on any atom is -0.495 e. The van der Waals surface area contributed by atoms with Gasteiger partial charge in [0.1, 0.15) is 11.8 Å². The first-order valence-electron chi connectivity index (χ1n) is 12.6. The lowest BCUT2D eigenvalue weighted by atomic mass is 10.1. The van der Waals surface area contributed by atoms with E-state index in [4.69, 9.17) is 27.9 Å². The second kappa shape index (κ2) is 14.6. The fraction of sp³-hybridized carbons (Fsp3) is 0.481. The molecule has 0 aliphatic carbocycles. The van der Waals surface area contributed by atoms with E-state index in [1.807, 2.05) is 20.8 Å². The van der Waals surface area contributed by atoms with E-state index < -0.39 is 16.1 Å². The summed E-state index contributed by atoms with van der Waals surface area (Å²) in [4.78, 5) is 28.2. The Morgan fingerprint density at radius 2 is 1.74 bits per heavy atom. The molecule has 0 saturated carbocycles. The van der Waals surface area contributed by atoms with Gasteiger partial charge in [-0.2, -0.15) is 0 Å². The summed E-state index contributed by atoms with van der Waals surface area (Å²) < 4.78 is 31.7. The van der Waals surface area contributed by atoms with Gasteiger partial charge in [-0.3, -0.25) is 13.9 Å². The summed E-state index contributed by atoms with van der Waals surface area (Å²) in [6.45, 7) is 5.96. The molecule has 0 fully saturated rings. The molecule has 0 aliphatic heterocycles. The van der Waals surface area contributed by atoms with Crippen molar-refractivity contribution in [3.8, 4) is 5.75 Å². The van der Waals surface area contributed by atoms with Crippen LogP contribution >= 0.6 is 23.2 Å². The number of anilines is 1. The second-order valence-electron chi connectivity index (χ2n) is 9.12. The van der Waals surface area contributed by atoms with Crippen molar-refractivity contribution >= 4 is 50.7 Å². The zero-order chi connectivity index (χ0) is 28.5. The molecule has 1 N–H and O–H groups in total. The minimum atomic E-state index is -3.64. The molecule has 38 heavy (non-hydrogen) atoms. The molecule has 0 heterocycles. The van der Waals surface area contributed by atoms with Gasteiger partial charge in [-0.1, -0.05) is 55.2 Å². The third-order valence-electron chi connectivity index (χ3n) is 6.23. The lowest BCUT2D eigenvalue weighted by molar-refractivity contribution is -0.141. The van der Waals surface area contributed by atoms with Gasteiger partial charge >= 0.3 is 0 Å². The molecule has 11 heteroatoms. The maximum absolute atomic E-state index is 13.5. The molecule has 2 aromatic rings. The van der Waals surface area contributed by atoms with Crippen molar-refractivity contribution in [1.29, 1.82) is 0 Å². The summed E-state index contributed by atoms with van der Waals surface area (Å²) in [6.07, 6.45) is 2.56. The average Bonchev–Trinajstić information content (AvgIpc) is 2.87. The number of carbonyl (C=O) groups excluding carboxylic acids is 2. The summed E-state index contributed by atoms with van der Waals surface area (Å²) in [5.74, 6) is -0.0870. The van der Waals surface area contributed by atoms with Gasteiger partial charge in [-0.25, -0.2) is 8.42 Å². The molecule has 0 saturated heterocycles. The number of rotatable bonds is 14. The van der Waals surface area contributed by atoms with Crippen LogP contribution in [0.1, 0.15) is 52.0 Å². The number of halogens is 2. The Morgan fingerprint density at radius 3 is 2.32 bits per heavy atom. The summed E-state index contributed by atoms with van der Waals surface area (Å²) in [7, 11) is -2.17. The molecule has 210 valence electrons. The van der Waals surface area contributed by atoms with Crippen LogP contribution in [0, 0.1) is 0 Å². The number of benzene rings is 2. The van der Waals surface area contributed by atoms with Crippen LogP contribution in [-0.4, -0.2) is 57.1 Å². The Kier molecular flexibility index (Phi) is 12.2. The van der Waals surface area contributed by atoms with Crippen molar-refractivity contribution in [3.63, 3.8) is 0 Å². The number of carbonyl (C=O) groups is 2. The van der Waals surface area contributed by atoms with E-state index in [0.717, 1.165) is 18.2 Å². The Morgan fingerprint density at radius 1 is 1.05 bits per heavy atom. The van der Waals surface area contributed by atoms with Crippen LogP contribution in [0.3, 0.4) is 0 Å². The van der Waals surface area contributed by atoms with Crippen LogP contribution < -0.4 is 14.4 Å². The molecule has 0 aromatic heterocycles. The van der Waals surface area contributed by atoms with Gasteiger partial charge in [0.25, 0.3) is 0 Å². The Bertz CT molecular complexity index is 1210. The van der Waals surface area contributed by atoms with Crippen molar-refractivity contribution in [2.45, 2.75) is 65.1 Å². The van der Waals surface area contributed by atoms with Crippen LogP contribution in [0.25, 0.3) is 0 Å². The van der Waals surface area contributed by atoms with Crippen LogP contribution in [-0.2, 0) is 26.2 Å². The van der Waals surface area contributed by atoms with E-state index in [0.29, 0.717) is 27.9 Å². The highest BCUT2D eigenvalue weighted by Gasteiger charge is 2.30. The highest BCUT2D eigenvalue weighted by molar-refractivity contribution is 7.92. The number of nitrogens with zero attached hydrogens (tertiary/aromatic N) is 2. The molecule has 2 rings (SSSR count). The summed E-state index contributed by atoms with van der Waals surface area (Å²) in [5.41, 5.74) is 1.13. The van der Waals surface area contributed by atoms with E-state index >= 15 is 0 Å². The minimum absolute atomic E-state index is 0.0373. The first-order chi connectivity index (χ1) is 17.9. The van der Waals surface area contributed by atoms with E-state index in [1.54, 1.807) is 42.5 Å². The predicted molar refractivity (Wildman–Crippen MR) is 153 cm³/mol. The van der Waals surface area contributed by atoms with Crippen molar-refractivity contribution in [1.82, 2.24) is 10.2 Å². The molecule has 2 amide bonds. The van der Waals surface area contributed by atoms with Crippen molar-refractivity contribution < 1.29 is 22.7 Å². The van der Waals surface area contributed by atoms with Crippen LogP contribution in [0.5, 0.6) is 5.75 Å². The quantitative estimate of drug-likeness (QED) is 0.326. The number of amides is 2. The Balaban J connectivity index is 2.28. The van der Waals surface area contributed by atoms with Gasteiger partial charge in [0.2, 0.25) is 21.8 Å². The summed E-state index contributed by atoms with van der Waals surface area (Å²) in [6, 6.07) is 11.2. The van der Waals surface area contributed by atoms with Gasteiger partial charge in [0.05, 0.1) is 29.1 Å².